The Bertz CT molecular complexity index is 2490. The average molecular weight is 914 g/mol. The van der Waals surface area contributed by atoms with E-state index in [4.69, 9.17) is 4.26 Å². The normalized spacial score (nSPS) is 16.4. The minimum atomic E-state index is -6.72. The molecule has 0 fully saturated rings. The van der Waals surface area contributed by atoms with E-state index in [9.17, 15) is 0 Å². The summed E-state index contributed by atoms with van der Waals surface area (Å²) in [6.07, 6.45) is 12.0. The monoisotopic (exact) mass is 914 g/mol. The molecule has 0 nitrogen and oxygen atoms in total. The van der Waals surface area contributed by atoms with Gasteiger partial charge in [-0.3, -0.25) is 0 Å². The molecule has 0 heterocycles. The summed E-state index contributed by atoms with van der Waals surface area (Å²) in [4.78, 5) is 0. The van der Waals surface area contributed by atoms with Crippen molar-refractivity contribution in [3.63, 3.8) is 0 Å². The Hall–Kier alpha value is -4.46. The molecule has 0 unspecified atom stereocenters. The fourth-order valence-corrected chi connectivity index (χ4v) is 66.8. The van der Waals surface area contributed by atoms with E-state index in [2.05, 4.69) is 224 Å². The van der Waals surface area contributed by atoms with E-state index >= 15 is 0 Å². The van der Waals surface area contributed by atoms with Crippen LogP contribution in [0.25, 0.3) is 11.1 Å². The zero-order valence-electron chi connectivity index (χ0n) is 35.2. The van der Waals surface area contributed by atoms with Crippen molar-refractivity contribution in [2.75, 3.05) is 0 Å². The van der Waals surface area contributed by atoms with E-state index < -0.39 is 15.1 Å². The van der Waals surface area contributed by atoms with E-state index in [1.165, 1.54) is 53.4 Å². The molecule has 2 aliphatic carbocycles. The molecule has 6 aromatic rings. The second kappa shape index (κ2) is 13.3. The quantitative estimate of drug-likeness (QED) is 0.114. The molecule has 0 radical (unpaired) electrons. The first-order valence-electron chi connectivity index (χ1n) is 21.4. The minimum absolute atomic E-state index is 0.0253. The molecule has 1 heteroatoms. The molecule has 0 saturated carbocycles. The van der Waals surface area contributed by atoms with E-state index in [0.29, 0.717) is 0 Å². The number of fused-ring (bicyclic) bond motifs is 3. The van der Waals surface area contributed by atoms with Crippen molar-refractivity contribution in [3.8, 4) is 11.1 Å². The SMILES string of the molecule is [CH2]=[Hf]([CH2]CCc1ccccc1)([CH2]c1ccccc1)([CH2]c1ccccc1)([c]1ccccc1)([CH]1C=CC=C1)[CH]1c2cc(C(C)(C)C)ccc2-c2ccc(C(C)(C)C)cc21. The average Bonchev–Trinajstić information content (AvgIpc) is 3.88. The van der Waals surface area contributed by atoms with Crippen LogP contribution in [0, 0.1) is 0 Å². The molecule has 0 atom stereocenters. The predicted molar refractivity (Wildman–Crippen MR) is 246 cm³/mol. The van der Waals surface area contributed by atoms with Crippen LogP contribution in [0.4, 0.5) is 0 Å². The van der Waals surface area contributed by atoms with Gasteiger partial charge in [-0.15, -0.1) is 0 Å². The molecular formula is C56H62Hf. The summed E-state index contributed by atoms with van der Waals surface area (Å²) in [7, 11) is 0. The van der Waals surface area contributed by atoms with Crippen LogP contribution in [0.3, 0.4) is 0 Å². The predicted octanol–water partition coefficient (Wildman–Crippen LogP) is 14.2. The van der Waals surface area contributed by atoms with E-state index in [1.54, 1.807) is 0 Å². The number of hydrogen-bond acceptors (Lipinski definition) is 0. The summed E-state index contributed by atoms with van der Waals surface area (Å²) in [5.41, 5.74) is 12.6. The van der Waals surface area contributed by atoms with Gasteiger partial charge in [-0.25, -0.2) is 0 Å². The second-order valence-corrected chi connectivity index (χ2v) is 62.9. The molecule has 2 aliphatic rings. The zero-order valence-corrected chi connectivity index (χ0v) is 38.8. The number of allylic oxidation sites excluding steroid dienone is 4. The second-order valence-electron chi connectivity index (χ2n) is 21.2. The number of benzene rings is 6. The molecule has 0 saturated heterocycles. The van der Waals surface area contributed by atoms with Crippen molar-refractivity contribution in [1.82, 2.24) is 0 Å². The van der Waals surface area contributed by atoms with Gasteiger partial charge in [0.15, 0.2) is 0 Å². The van der Waals surface area contributed by atoms with Crippen LogP contribution in [0.2, 0.25) is 7.85 Å². The Balaban J connectivity index is 1.67. The van der Waals surface area contributed by atoms with Crippen LogP contribution < -0.4 is 3.32 Å². The zero-order chi connectivity index (χ0) is 40.1. The third-order valence-corrected chi connectivity index (χ3v) is 66.8. The Morgan fingerprint density at radius 2 is 0.895 bits per heavy atom. The third kappa shape index (κ3) is 5.89. The molecule has 0 aromatic heterocycles. The summed E-state index contributed by atoms with van der Waals surface area (Å²) in [6, 6.07) is 61.3. The van der Waals surface area contributed by atoms with Gasteiger partial charge in [-0.2, -0.15) is 0 Å². The van der Waals surface area contributed by atoms with E-state index in [-0.39, 0.29) is 18.2 Å². The van der Waals surface area contributed by atoms with Crippen LogP contribution in [-0.2, 0) is 40.7 Å². The summed E-state index contributed by atoms with van der Waals surface area (Å²) in [5, 5.41) is 0. The molecule has 0 amide bonds. The maximum atomic E-state index is 6.60. The van der Waals surface area contributed by atoms with Crippen molar-refractivity contribution in [3.05, 3.63) is 221 Å². The van der Waals surface area contributed by atoms with Gasteiger partial charge in [-0.05, 0) is 0 Å². The number of rotatable bonds is 11. The standard InChI is InChI=1S/C21H25.C9H11.2C7H7.C6H5.C5H5.CH2.Hf/c1-20(2,3)16-7-9-18-14(12-16)11-15-13-17(21(4,5)6)8-10-19(15)18;1-2-6-9-7-4-3-5-8-9;2*1-7-5-3-2-4-6-7;1-2-4-6-5-3-1;1-2-4-5-3-1;;/h7-13H,1-6H3;3-5,7-8H,1-2,6H2;2*2-6H,1H2;1-5H;1-5H;1H2;. The first-order chi connectivity index (χ1) is 27.2. The first kappa shape index (κ1) is 39.4. The van der Waals surface area contributed by atoms with Crippen molar-refractivity contribution >= 4 is 7.58 Å². The maximum absolute atomic E-state index is 6.72. The van der Waals surface area contributed by atoms with Gasteiger partial charge in [0.2, 0.25) is 0 Å². The van der Waals surface area contributed by atoms with Gasteiger partial charge < -0.3 is 0 Å². The molecule has 6 aromatic carbocycles. The van der Waals surface area contributed by atoms with Crippen molar-refractivity contribution in [2.24, 2.45) is 0 Å². The molecule has 0 aliphatic heterocycles. The van der Waals surface area contributed by atoms with E-state index in [0.717, 1.165) is 25.4 Å². The topological polar surface area (TPSA) is 0 Å². The van der Waals surface area contributed by atoms with Crippen molar-refractivity contribution in [2.45, 2.75) is 85.1 Å². The van der Waals surface area contributed by atoms with Gasteiger partial charge in [0, 0.05) is 0 Å². The fourth-order valence-electron chi connectivity index (χ4n) is 12.9. The Morgan fingerprint density at radius 1 is 0.491 bits per heavy atom. The van der Waals surface area contributed by atoms with Crippen LogP contribution in [0.1, 0.15) is 90.6 Å². The van der Waals surface area contributed by atoms with Crippen LogP contribution in [0.5, 0.6) is 0 Å². The Kier molecular flexibility index (Phi) is 9.18. The third-order valence-electron chi connectivity index (χ3n) is 15.7. The van der Waals surface area contributed by atoms with Gasteiger partial charge in [0.25, 0.3) is 0 Å². The molecule has 57 heavy (non-hydrogen) atoms. The molecular weight excluding hydrogens is 851 g/mol. The van der Waals surface area contributed by atoms with Gasteiger partial charge >= 0.3 is 340 Å². The Morgan fingerprint density at radius 3 is 1.32 bits per heavy atom. The van der Waals surface area contributed by atoms with Gasteiger partial charge in [0.05, 0.1) is 0 Å². The number of aryl methyl sites for hydroxylation is 1. The van der Waals surface area contributed by atoms with Crippen molar-refractivity contribution < 1.29 is 15.1 Å². The van der Waals surface area contributed by atoms with Gasteiger partial charge in [-0.1, -0.05) is 0 Å². The van der Waals surface area contributed by atoms with Gasteiger partial charge in [0.1, 0.15) is 0 Å². The summed E-state index contributed by atoms with van der Waals surface area (Å²) in [6.45, 7) is 14.2. The van der Waals surface area contributed by atoms with Crippen molar-refractivity contribution in [1.29, 1.82) is 0 Å². The Labute approximate surface area is 337 Å². The molecule has 8 rings (SSSR count). The van der Waals surface area contributed by atoms with E-state index in [1.807, 2.05) is 0 Å². The van der Waals surface area contributed by atoms with Crippen LogP contribution in [-0.4, -0.2) is 4.26 Å². The fraction of sp³-hybridized carbons (Fsp3) is 0.268. The van der Waals surface area contributed by atoms with Crippen LogP contribution in [0.15, 0.2) is 182 Å². The first-order valence-corrected chi connectivity index (χ1v) is 37.5. The molecule has 0 spiro atoms. The molecule has 0 bridgehead atoms. The van der Waals surface area contributed by atoms with Crippen LogP contribution >= 0.6 is 0 Å². The summed E-state index contributed by atoms with van der Waals surface area (Å²) in [5.74, 6) is 0. The summed E-state index contributed by atoms with van der Waals surface area (Å²) < 4.78 is 11.1. The summed E-state index contributed by atoms with van der Waals surface area (Å²) >= 11 is -6.72. The molecule has 290 valence electrons. The number of hydrogen-bond donors (Lipinski definition) is 0. The molecule has 0 N–H and O–H groups in total.